The zero-order valence-electron chi connectivity index (χ0n) is 16.8. The van der Waals surface area contributed by atoms with E-state index in [0.717, 1.165) is 11.6 Å². The molecule has 0 aliphatic rings. The third kappa shape index (κ3) is 4.10. The van der Waals surface area contributed by atoms with E-state index in [9.17, 15) is 14.7 Å². The van der Waals surface area contributed by atoms with Gasteiger partial charge in [-0.3, -0.25) is 4.79 Å². The number of rotatable bonds is 7. The van der Waals surface area contributed by atoms with Crippen molar-refractivity contribution < 1.29 is 24.2 Å². The van der Waals surface area contributed by atoms with E-state index in [1.165, 1.54) is 13.2 Å². The molecular weight excluding hydrogens is 380 g/mol. The fourth-order valence-electron chi connectivity index (χ4n) is 3.21. The van der Waals surface area contributed by atoms with Crippen LogP contribution in [0.15, 0.2) is 73.3 Å². The van der Waals surface area contributed by atoms with Gasteiger partial charge in [0.1, 0.15) is 17.2 Å². The molecule has 3 rings (SSSR count). The number of aromatic hydroxyl groups is 1. The molecule has 1 N–H and O–H groups in total. The summed E-state index contributed by atoms with van der Waals surface area (Å²) >= 11 is 0. The smallest absolute Gasteiger partial charge is 0.335 e. The maximum absolute atomic E-state index is 13.0. The maximum atomic E-state index is 13.0. The summed E-state index contributed by atoms with van der Waals surface area (Å²) in [4.78, 5) is 24.9. The quantitative estimate of drug-likeness (QED) is 0.262. The van der Waals surface area contributed by atoms with E-state index >= 15 is 0 Å². The van der Waals surface area contributed by atoms with Crippen molar-refractivity contribution in [2.45, 2.75) is 13.3 Å². The van der Waals surface area contributed by atoms with Crippen molar-refractivity contribution in [3.05, 3.63) is 90.0 Å². The van der Waals surface area contributed by atoms with Gasteiger partial charge in [-0.2, -0.15) is 0 Å². The Morgan fingerprint density at radius 3 is 2.40 bits per heavy atom. The summed E-state index contributed by atoms with van der Waals surface area (Å²) in [6.07, 6.45) is 1.72. The minimum absolute atomic E-state index is 0.125. The lowest BCUT2D eigenvalue weighted by Gasteiger charge is -2.17. The number of ether oxygens (including phenoxy) is 2. The molecule has 0 aliphatic carbocycles. The largest absolute Gasteiger partial charge is 0.507 e. The molecule has 0 spiro atoms. The first kappa shape index (κ1) is 20.9. The van der Waals surface area contributed by atoms with Crippen LogP contribution in [-0.2, 0) is 11.2 Å². The average molecular weight is 402 g/mol. The van der Waals surface area contributed by atoms with Gasteiger partial charge in [-0.1, -0.05) is 62.0 Å². The van der Waals surface area contributed by atoms with Gasteiger partial charge in [-0.05, 0) is 18.1 Å². The lowest BCUT2D eigenvalue weighted by atomic mass is 9.94. The Morgan fingerprint density at radius 1 is 1.03 bits per heavy atom. The molecule has 0 aromatic heterocycles. The predicted octanol–water partition coefficient (Wildman–Crippen LogP) is 4.95. The highest BCUT2D eigenvalue weighted by Gasteiger charge is 2.22. The van der Waals surface area contributed by atoms with Crippen LogP contribution in [0.25, 0.3) is 11.1 Å². The molecule has 0 unspecified atom stereocenters. The molecule has 0 radical (unpaired) electrons. The summed E-state index contributed by atoms with van der Waals surface area (Å²) < 4.78 is 11.0. The highest BCUT2D eigenvalue weighted by Crippen LogP contribution is 2.42. The number of phenols is 1. The van der Waals surface area contributed by atoms with Gasteiger partial charge in [0.15, 0.2) is 5.78 Å². The van der Waals surface area contributed by atoms with Crippen molar-refractivity contribution in [1.82, 2.24) is 0 Å². The number of phenolic OH excluding ortho intramolecular Hbond substituents is 1. The number of benzene rings is 3. The molecule has 0 saturated heterocycles. The van der Waals surface area contributed by atoms with Crippen molar-refractivity contribution >= 4 is 11.8 Å². The second-order valence-electron chi connectivity index (χ2n) is 6.54. The molecule has 5 heteroatoms. The Kier molecular flexibility index (Phi) is 6.32. The van der Waals surface area contributed by atoms with Gasteiger partial charge in [0.05, 0.1) is 12.7 Å². The molecule has 0 atom stereocenters. The third-order valence-corrected chi connectivity index (χ3v) is 4.74. The number of esters is 1. The lowest BCUT2D eigenvalue weighted by molar-refractivity contribution is -0.128. The number of hydrogen-bond acceptors (Lipinski definition) is 5. The zero-order valence-corrected chi connectivity index (χ0v) is 16.8. The SMILES string of the molecule is C=CC(=O)Oc1c(CC)cccc1-c1cc(C(=O)c2ccccc2)c(O)cc1OC. The van der Waals surface area contributed by atoms with E-state index in [0.29, 0.717) is 34.6 Å². The van der Waals surface area contributed by atoms with Gasteiger partial charge >= 0.3 is 5.97 Å². The fraction of sp³-hybridized carbons (Fsp3) is 0.120. The molecule has 3 aromatic carbocycles. The Morgan fingerprint density at radius 2 is 1.77 bits per heavy atom. The van der Waals surface area contributed by atoms with Crippen LogP contribution in [0.5, 0.6) is 17.2 Å². The zero-order chi connectivity index (χ0) is 21.7. The normalized spacial score (nSPS) is 10.3. The second kappa shape index (κ2) is 9.09. The Bertz CT molecular complexity index is 1100. The van der Waals surface area contributed by atoms with Gasteiger partial charge in [0, 0.05) is 28.8 Å². The highest BCUT2D eigenvalue weighted by molar-refractivity contribution is 6.11. The molecule has 5 nitrogen and oxygen atoms in total. The Labute approximate surface area is 175 Å². The second-order valence-corrected chi connectivity index (χ2v) is 6.54. The van der Waals surface area contributed by atoms with Gasteiger partial charge < -0.3 is 14.6 Å². The monoisotopic (exact) mass is 402 g/mol. The molecule has 0 saturated carbocycles. The van der Waals surface area contributed by atoms with Crippen LogP contribution in [0.3, 0.4) is 0 Å². The number of methoxy groups -OCH3 is 1. The predicted molar refractivity (Wildman–Crippen MR) is 115 cm³/mol. The number of carbonyl (C=O) groups excluding carboxylic acids is 2. The van der Waals surface area contributed by atoms with E-state index in [-0.39, 0.29) is 17.1 Å². The van der Waals surface area contributed by atoms with Crippen molar-refractivity contribution in [2.24, 2.45) is 0 Å². The average Bonchev–Trinajstić information content (AvgIpc) is 2.79. The van der Waals surface area contributed by atoms with Crippen LogP contribution in [0, 0.1) is 0 Å². The molecule has 3 aromatic rings. The molecule has 30 heavy (non-hydrogen) atoms. The van der Waals surface area contributed by atoms with E-state index in [4.69, 9.17) is 9.47 Å². The van der Waals surface area contributed by atoms with Crippen LogP contribution < -0.4 is 9.47 Å². The fourth-order valence-corrected chi connectivity index (χ4v) is 3.21. The van der Waals surface area contributed by atoms with E-state index < -0.39 is 5.97 Å². The molecule has 0 heterocycles. The number of carbonyl (C=O) groups is 2. The molecule has 0 fully saturated rings. The van der Waals surface area contributed by atoms with Crippen LogP contribution in [0.2, 0.25) is 0 Å². The van der Waals surface area contributed by atoms with Crippen LogP contribution >= 0.6 is 0 Å². The summed E-state index contributed by atoms with van der Waals surface area (Å²) in [6, 6.07) is 17.1. The number of ketones is 1. The van der Waals surface area contributed by atoms with Crippen LogP contribution in [0.1, 0.15) is 28.4 Å². The maximum Gasteiger partial charge on any atom is 0.335 e. The highest BCUT2D eigenvalue weighted by atomic mass is 16.5. The summed E-state index contributed by atoms with van der Waals surface area (Å²) in [5, 5.41) is 10.5. The Hall–Kier alpha value is -3.86. The summed E-state index contributed by atoms with van der Waals surface area (Å²) in [7, 11) is 1.47. The van der Waals surface area contributed by atoms with Crippen molar-refractivity contribution in [2.75, 3.05) is 7.11 Å². The van der Waals surface area contributed by atoms with E-state index in [1.807, 2.05) is 25.1 Å². The summed E-state index contributed by atoms with van der Waals surface area (Å²) in [5.41, 5.74) is 2.48. The minimum Gasteiger partial charge on any atom is -0.507 e. The van der Waals surface area contributed by atoms with Gasteiger partial charge in [-0.25, -0.2) is 4.79 Å². The van der Waals surface area contributed by atoms with E-state index in [1.54, 1.807) is 36.4 Å². The van der Waals surface area contributed by atoms with Crippen LogP contribution in [0.4, 0.5) is 0 Å². The first-order chi connectivity index (χ1) is 14.5. The topological polar surface area (TPSA) is 72.8 Å². The minimum atomic E-state index is -0.588. The van der Waals surface area contributed by atoms with Crippen LogP contribution in [-0.4, -0.2) is 24.0 Å². The van der Waals surface area contributed by atoms with E-state index in [2.05, 4.69) is 6.58 Å². The number of hydrogen-bond donors (Lipinski definition) is 1. The summed E-state index contributed by atoms with van der Waals surface area (Å²) in [6.45, 7) is 5.40. The summed E-state index contributed by atoms with van der Waals surface area (Å²) in [5.74, 6) is -0.391. The third-order valence-electron chi connectivity index (χ3n) is 4.74. The standard InChI is InChI=1S/C25H22O5/c1-4-16-12-9-13-18(25(16)30-23(27)5-2)19-14-20(21(26)15-22(19)29-3)24(28)17-10-7-6-8-11-17/h5-15,26H,2,4H2,1,3H3. The molecule has 0 bridgehead atoms. The van der Waals surface area contributed by atoms with Crippen molar-refractivity contribution in [3.8, 4) is 28.4 Å². The first-order valence-corrected chi connectivity index (χ1v) is 9.47. The molecule has 0 amide bonds. The molecular formula is C25H22O5. The van der Waals surface area contributed by atoms with Gasteiger partial charge in [0.2, 0.25) is 0 Å². The number of para-hydroxylation sites is 1. The van der Waals surface area contributed by atoms with Gasteiger partial charge in [-0.15, -0.1) is 0 Å². The molecule has 152 valence electrons. The van der Waals surface area contributed by atoms with Gasteiger partial charge in [0.25, 0.3) is 0 Å². The molecule has 0 aliphatic heterocycles. The van der Waals surface area contributed by atoms with Crippen molar-refractivity contribution in [3.63, 3.8) is 0 Å². The van der Waals surface area contributed by atoms with Crippen molar-refractivity contribution in [1.29, 1.82) is 0 Å². The Balaban J connectivity index is 2.22. The lowest BCUT2D eigenvalue weighted by Crippen LogP contribution is -2.07. The number of aryl methyl sites for hydroxylation is 1. The first-order valence-electron chi connectivity index (χ1n) is 9.47.